The van der Waals surface area contributed by atoms with Gasteiger partial charge in [-0.3, -0.25) is 4.90 Å². The summed E-state index contributed by atoms with van der Waals surface area (Å²) in [6.07, 6.45) is 3.92. The van der Waals surface area contributed by atoms with Gasteiger partial charge in [0.1, 0.15) is 6.26 Å². The monoisotopic (exact) mass is 569 g/mol. The van der Waals surface area contributed by atoms with Gasteiger partial charge in [-0.05, 0) is 30.9 Å². The molecular weight excluding hydrogens is 533 g/mol. The van der Waals surface area contributed by atoms with Crippen molar-refractivity contribution in [2.75, 3.05) is 45.9 Å². The lowest BCUT2D eigenvalue weighted by atomic mass is 10.1. The van der Waals surface area contributed by atoms with Gasteiger partial charge in [-0.25, -0.2) is 4.99 Å². The molecule has 33 heavy (non-hydrogen) atoms. The standard InChI is InChI=1S/C24H35N5O3.HI/c1-2-25-24(29-11-9-28(10-12-29)18-22-6-15-32-27-22)26-17-20-4-3-5-21(16-20)19-31-23-7-13-30-14-8-23;/h3-6,15-16,23H,2,7-14,17-19H2,1H3,(H,25,26);1H. The van der Waals surface area contributed by atoms with Gasteiger partial charge >= 0.3 is 0 Å². The summed E-state index contributed by atoms with van der Waals surface area (Å²) in [5.74, 6) is 0.984. The Morgan fingerprint density at radius 3 is 2.67 bits per heavy atom. The molecule has 2 saturated heterocycles. The Hall–Kier alpha value is -1.69. The van der Waals surface area contributed by atoms with Gasteiger partial charge in [0, 0.05) is 58.5 Å². The number of hydrogen-bond acceptors (Lipinski definition) is 6. The fourth-order valence-electron chi connectivity index (χ4n) is 4.13. The Kier molecular flexibility index (Phi) is 10.9. The van der Waals surface area contributed by atoms with Gasteiger partial charge < -0.3 is 24.2 Å². The lowest BCUT2D eigenvalue weighted by molar-refractivity contribution is -0.0390. The Morgan fingerprint density at radius 1 is 1.15 bits per heavy atom. The number of nitrogens with zero attached hydrogens (tertiary/aromatic N) is 4. The van der Waals surface area contributed by atoms with Crippen LogP contribution in [0.15, 0.2) is 46.1 Å². The minimum atomic E-state index is 0. The van der Waals surface area contributed by atoms with Crippen molar-refractivity contribution in [3.63, 3.8) is 0 Å². The number of guanidine groups is 1. The molecule has 0 saturated carbocycles. The zero-order valence-electron chi connectivity index (χ0n) is 19.4. The average Bonchev–Trinajstić information content (AvgIpc) is 3.35. The van der Waals surface area contributed by atoms with Crippen LogP contribution in [0.4, 0.5) is 0 Å². The molecule has 0 unspecified atom stereocenters. The summed E-state index contributed by atoms with van der Waals surface area (Å²) in [5.41, 5.74) is 3.40. The first-order valence-electron chi connectivity index (χ1n) is 11.7. The lowest BCUT2D eigenvalue weighted by Gasteiger charge is -2.36. The minimum absolute atomic E-state index is 0. The molecule has 2 aromatic rings. The van der Waals surface area contributed by atoms with Crippen LogP contribution in [-0.2, 0) is 29.2 Å². The number of aromatic nitrogens is 1. The predicted molar refractivity (Wildman–Crippen MR) is 139 cm³/mol. The zero-order valence-corrected chi connectivity index (χ0v) is 21.8. The van der Waals surface area contributed by atoms with Crippen molar-refractivity contribution in [2.24, 2.45) is 4.99 Å². The highest BCUT2D eigenvalue weighted by Gasteiger charge is 2.20. The summed E-state index contributed by atoms with van der Waals surface area (Å²) in [5, 5.41) is 7.48. The fraction of sp³-hybridized carbons (Fsp3) is 0.583. The quantitative estimate of drug-likeness (QED) is 0.297. The van der Waals surface area contributed by atoms with Gasteiger partial charge in [-0.15, -0.1) is 24.0 Å². The number of hydrogen-bond donors (Lipinski definition) is 1. The first-order valence-corrected chi connectivity index (χ1v) is 11.7. The fourth-order valence-corrected chi connectivity index (χ4v) is 4.13. The first-order chi connectivity index (χ1) is 15.8. The molecule has 2 aliphatic heterocycles. The van der Waals surface area contributed by atoms with E-state index in [9.17, 15) is 0 Å². The SMILES string of the molecule is CCNC(=NCc1cccc(COC2CCOCC2)c1)N1CCN(Cc2ccon2)CC1.I. The number of rotatable bonds is 8. The van der Waals surface area contributed by atoms with Crippen molar-refractivity contribution in [1.29, 1.82) is 0 Å². The maximum Gasteiger partial charge on any atom is 0.194 e. The van der Waals surface area contributed by atoms with Crippen LogP contribution in [0, 0.1) is 0 Å². The van der Waals surface area contributed by atoms with E-state index >= 15 is 0 Å². The van der Waals surface area contributed by atoms with E-state index in [4.69, 9.17) is 19.0 Å². The Balaban J connectivity index is 0.00000306. The number of aliphatic imine (C=N–C) groups is 1. The molecule has 3 heterocycles. The molecule has 1 aromatic carbocycles. The number of nitrogens with one attached hydrogen (secondary N) is 1. The largest absolute Gasteiger partial charge is 0.381 e. The van der Waals surface area contributed by atoms with Crippen LogP contribution in [0.25, 0.3) is 0 Å². The third kappa shape index (κ3) is 8.24. The maximum absolute atomic E-state index is 6.08. The Bertz CT molecular complexity index is 834. The number of piperazine rings is 1. The Morgan fingerprint density at radius 2 is 1.94 bits per heavy atom. The molecule has 4 rings (SSSR count). The van der Waals surface area contributed by atoms with Crippen molar-refractivity contribution < 1.29 is 14.0 Å². The van der Waals surface area contributed by atoms with E-state index in [2.05, 4.69) is 51.5 Å². The van der Waals surface area contributed by atoms with Crippen molar-refractivity contribution in [2.45, 2.75) is 45.6 Å². The van der Waals surface area contributed by atoms with Gasteiger partial charge in [0.15, 0.2) is 5.96 Å². The summed E-state index contributed by atoms with van der Waals surface area (Å²) in [6, 6.07) is 10.5. The van der Waals surface area contributed by atoms with Crippen molar-refractivity contribution >= 4 is 29.9 Å². The van der Waals surface area contributed by atoms with Gasteiger partial charge in [-0.1, -0.05) is 29.4 Å². The second kappa shape index (κ2) is 13.9. The lowest BCUT2D eigenvalue weighted by Crippen LogP contribution is -2.52. The van der Waals surface area contributed by atoms with Gasteiger partial charge in [0.25, 0.3) is 0 Å². The summed E-state index contributed by atoms with van der Waals surface area (Å²) >= 11 is 0. The summed E-state index contributed by atoms with van der Waals surface area (Å²) in [6.45, 7) is 10.6. The molecular formula is C24H36IN5O3. The molecule has 1 N–H and O–H groups in total. The number of halogens is 1. The molecule has 0 atom stereocenters. The summed E-state index contributed by atoms with van der Waals surface area (Å²) in [4.78, 5) is 9.68. The van der Waals surface area contributed by atoms with Crippen LogP contribution < -0.4 is 5.32 Å². The molecule has 8 nitrogen and oxygen atoms in total. The predicted octanol–water partition coefficient (Wildman–Crippen LogP) is 3.27. The highest BCUT2D eigenvalue weighted by Crippen LogP contribution is 2.15. The summed E-state index contributed by atoms with van der Waals surface area (Å²) in [7, 11) is 0. The van der Waals surface area contributed by atoms with Crippen LogP contribution in [0.3, 0.4) is 0 Å². The molecule has 0 bridgehead atoms. The van der Waals surface area contributed by atoms with Crippen molar-refractivity contribution in [1.82, 2.24) is 20.3 Å². The van der Waals surface area contributed by atoms with Crippen molar-refractivity contribution in [3.05, 3.63) is 53.4 Å². The van der Waals surface area contributed by atoms with Gasteiger partial charge in [0.05, 0.1) is 24.9 Å². The molecule has 2 fully saturated rings. The minimum Gasteiger partial charge on any atom is -0.381 e. The molecule has 0 amide bonds. The van der Waals surface area contributed by atoms with Crippen LogP contribution in [-0.4, -0.2) is 73.0 Å². The Labute approximate surface area is 213 Å². The molecule has 0 aliphatic carbocycles. The molecule has 0 spiro atoms. The first kappa shape index (κ1) is 25.9. The van der Waals surface area contributed by atoms with Gasteiger partial charge in [0.2, 0.25) is 0 Å². The van der Waals surface area contributed by atoms with E-state index in [-0.39, 0.29) is 24.0 Å². The molecule has 0 radical (unpaired) electrons. The normalized spacial score (nSPS) is 18.2. The van der Waals surface area contributed by atoms with E-state index < -0.39 is 0 Å². The second-order valence-corrected chi connectivity index (χ2v) is 8.37. The van der Waals surface area contributed by atoms with Crippen LogP contribution in [0.2, 0.25) is 0 Å². The summed E-state index contributed by atoms with van der Waals surface area (Å²) < 4.78 is 16.4. The smallest absolute Gasteiger partial charge is 0.194 e. The molecule has 182 valence electrons. The number of ether oxygens (including phenoxy) is 2. The molecule has 2 aliphatic rings. The second-order valence-electron chi connectivity index (χ2n) is 8.37. The maximum atomic E-state index is 6.08. The van der Waals surface area contributed by atoms with Crippen molar-refractivity contribution in [3.8, 4) is 0 Å². The van der Waals surface area contributed by atoms with E-state index in [1.54, 1.807) is 6.26 Å². The molecule has 1 aromatic heterocycles. The van der Waals surface area contributed by atoms with E-state index in [1.165, 1.54) is 11.1 Å². The molecule has 9 heteroatoms. The average molecular weight is 569 g/mol. The van der Waals surface area contributed by atoms with E-state index in [0.717, 1.165) is 77.0 Å². The van der Waals surface area contributed by atoms with Crippen LogP contribution in [0.5, 0.6) is 0 Å². The van der Waals surface area contributed by atoms with Gasteiger partial charge in [-0.2, -0.15) is 0 Å². The number of benzene rings is 1. The van der Waals surface area contributed by atoms with E-state index in [1.807, 2.05) is 6.07 Å². The zero-order chi connectivity index (χ0) is 22.0. The van der Waals surface area contributed by atoms with Crippen LogP contribution >= 0.6 is 24.0 Å². The highest BCUT2D eigenvalue weighted by atomic mass is 127. The third-order valence-electron chi connectivity index (χ3n) is 5.94. The van der Waals surface area contributed by atoms with Crippen LogP contribution in [0.1, 0.15) is 36.6 Å². The van der Waals surface area contributed by atoms with E-state index in [0.29, 0.717) is 19.3 Å². The third-order valence-corrected chi connectivity index (χ3v) is 5.94. The topological polar surface area (TPSA) is 75.4 Å². The highest BCUT2D eigenvalue weighted by molar-refractivity contribution is 14.0.